The largest absolute Gasteiger partial charge is 0.462 e. The van der Waals surface area contributed by atoms with Crippen LogP contribution in [0, 0.1) is 5.82 Å². The van der Waals surface area contributed by atoms with Gasteiger partial charge in [-0.3, -0.25) is 4.79 Å². The second-order valence-corrected chi connectivity index (χ2v) is 6.15. The van der Waals surface area contributed by atoms with Gasteiger partial charge >= 0.3 is 5.97 Å². The summed E-state index contributed by atoms with van der Waals surface area (Å²) in [6.45, 7) is 3.70. The van der Waals surface area contributed by atoms with Crippen LogP contribution in [0.3, 0.4) is 0 Å². The lowest BCUT2D eigenvalue weighted by Gasteiger charge is -2.24. The number of hydrogen-bond donors (Lipinski definition) is 1. The van der Waals surface area contributed by atoms with E-state index in [0.29, 0.717) is 10.7 Å². The van der Waals surface area contributed by atoms with Gasteiger partial charge < -0.3 is 4.74 Å². The van der Waals surface area contributed by atoms with Gasteiger partial charge in [0.15, 0.2) is 16.3 Å². The maximum Gasteiger partial charge on any atom is 0.348 e. The smallest absolute Gasteiger partial charge is 0.348 e. The van der Waals surface area contributed by atoms with Crippen molar-refractivity contribution in [2.24, 2.45) is 0 Å². The molecule has 4 nitrogen and oxygen atoms in total. The van der Waals surface area contributed by atoms with E-state index >= 15 is 0 Å². The van der Waals surface area contributed by atoms with Gasteiger partial charge in [-0.25, -0.2) is 14.1 Å². The van der Waals surface area contributed by atoms with Crippen molar-refractivity contribution < 1.29 is 23.6 Å². The van der Waals surface area contributed by atoms with Gasteiger partial charge in [0.05, 0.1) is 17.2 Å². The molecule has 1 aromatic rings. The van der Waals surface area contributed by atoms with Gasteiger partial charge in [0.2, 0.25) is 5.78 Å². The number of nitrogens with one attached hydrogen (secondary N) is 1. The summed E-state index contributed by atoms with van der Waals surface area (Å²) in [7, 11) is 0. The molecule has 0 saturated carbocycles. The molecule has 0 amide bonds. The summed E-state index contributed by atoms with van der Waals surface area (Å²) in [6.07, 6.45) is 0. The van der Waals surface area contributed by atoms with Crippen molar-refractivity contribution in [2.45, 2.75) is 13.8 Å². The molecule has 2 heterocycles. The molecule has 114 valence electrons. The second kappa shape index (κ2) is 5.53. The highest BCUT2D eigenvalue weighted by Crippen LogP contribution is 2.35. The molecule has 0 aliphatic carbocycles. The second-order valence-electron chi connectivity index (χ2n) is 4.86. The van der Waals surface area contributed by atoms with Crippen LogP contribution in [0.4, 0.5) is 10.1 Å². The summed E-state index contributed by atoms with van der Waals surface area (Å²) in [5.41, 5.74) is 1.56. The fraction of sp³-hybridized carbons (Fsp3) is 0.200. The third-order valence-electron chi connectivity index (χ3n) is 3.48. The highest BCUT2D eigenvalue weighted by molar-refractivity contribution is 8.05. The first-order valence-corrected chi connectivity index (χ1v) is 7.88. The predicted octanol–water partition coefficient (Wildman–Crippen LogP) is 2.57. The number of esters is 1. The number of quaternary nitrogens is 1. The molecule has 2 aliphatic rings. The molecule has 0 spiro atoms. The highest BCUT2D eigenvalue weighted by Gasteiger charge is 2.44. The van der Waals surface area contributed by atoms with E-state index in [1.807, 2.05) is 12.3 Å². The van der Waals surface area contributed by atoms with Gasteiger partial charge in [-0.15, -0.1) is 0 Å². The van der Waals surface area contributed by atoms with E-state index in [2.05, 4.69) is 0 Å². The van der Waals surface area contributed by atoms with Crippen molar-refractivity contribution in [3.63, 3.8) is 0 Å². The minimum absolute atomic E-state index is 0.0378. The molecular weight excluding hydrogens is 329 g/mol. The van der Waals surface area contributed by atoms with E-state index in [1.54, 1.807) is 6.92 Å². The Morgan fingerprint density at radius 2 is 2.18 bits per heavy atom. The lowest BCUT2D eigenvalue weighted by Crippen LogP contribution is -3.02. The van der Waals surface area contributed by atoms with Crippen molar-refractivity contribution in [3.8, 4) is 0 Å². The maximum atomic E-state index is 13.8. The Hall–Kier alpha value is -1.63. The quantitative estimate of drug-likeness (QED) is 0.664. The number of benzene rings is 1. The summed E-state index contributed by atoms with van der Waals surface area (Å²) in [5.74, 6) is -1.90. The number of carbonyl (C=O) groups is 2. The number of halogens is 2. The number of ketones is 1. The van der Waals surface area contributed by atoms with Crippen molar-refractivity contribution in [1.29, 1.82) is 0 Å². The van der Waals surface area contributed by atoms with Crippen LogP contribution in [-0.4, -0.2) is 18.4 Å². The molecule has 0 saturated heterocycles. The molecule has 1 N–H and O–H groups in total. The highest BCUT2D eigenvalue weighted by atomic mass is 35.5. The lowest BCUT2D eigenvalue weighted by molar-refractivity contribution is -0.734. The molecule has 0 fully saturated rings. The number of carbonyl (C=O) groups excluding carboxylic acids is 2. The molecule has 2 aliphatic heterocycles. The molecule has 0 radical (unpaired) electrons. The minimum Gasteiger partial charge on any atom is -0.462 e. The van der Waals surface area contributed by atoms with Crippen molar-refractivity contribution in [2.75, 3.05) is 6.61 Å². The number of ether oxygens (including phenoxy) is 1. The fourth-order valence-electron chi connectivity index (χ4n) is 2.53. The Morgan fingerprint density at radius 1 is 1.45 bits per heavy atom. The van der Waals surface area contributed by atoms with Gasteiger partial charge in [0.25, 0.3) is 0 Å². The first-order valence-electron chi connectivity index (χ1n) is 6.62. The van der Waals surface area contributed by atoms with Crippen LogP contribution in [0.5, 0.6) is 0 Å². The van der Waals surface area contributed by atoms with Crippen LogP contribution in [0.15, 0.2) is 33.8 Å². The molecule has 7 heteroatoms. The number of rotatable bonds is 2. The monoisotopic (exact) mass is 340 g/mol. The summed E-state index contributed by atoms with van der Waals surface area (Å²) in [5, 5.41) is 2.35. The lowest BCUT2D eigenvalue weighted by atomic mass is 9.97. The number of thioether (sulfide) groups is 1. The van der Waals surface area contributed by atoms with E-state index in [-0.39, 0.29) is 22.8 Å². The summed E-state index contributed by atoms with van der Waals surface area (Å²) in [4.78, 5) is 25.5. The predicted molar refractivity (Wildman–Crippen MR) is 81.4 cm³/mol. The van der Waals surface area contributed by atoms with E-state index in [4.69, 9.17) is 16.3 Å². The maximum absolute atomic E-state index is 13.8. The van der Waals surface area contributed by atoms with Crippen LogP contribution in [0.1, 0.15) is 24.2 Å². The first-order chi connectivity index (χ1) is 10.5. The Balaban J connectivity index is 2.23. The number of allylic oxidation sites excluding steroid dienone is 1. The number of hydrogen-bond acceptors (Lipinski definition) is 4. The SMILES string of the molecule is CCOC(=O)C1=C2SC=C(C)[NH+]2c2cc(Cl)c(F)cc2C1=O. The fourth-order valence-corrected chi connectivity index (χ4v) is 3.79. The average molecular weight is 341 g/mol. The Morgan fingerprint density at radius 3 is 2.86 bits per heavy atom. The van der Waals surface area contributed by atoms with Crippen LogP contribution in [-0.2, 0) is 9.53 Å². The van der Waals surface area contributed by atoms with Gasteiger partial charge in [-0.1, -0.05) is 11.6 Å². The number of fused-ring (bicyclic) bond motifs is 3. The normalized spacial score (nSPS) is 19.7. The molecule has 1 atom stereocenters. The summed E-state index contributed by atoms with van der Waals surface area (Å²) >= 11 is 7.14. The Labute approximate surface area is 135 Å². The Kier molecular flexibility index (Phi) is 3.84. The number of Topliss-reactive ketones (excluding diaryl/α,β-unsaturated/α-hetero) is 1. The molecule has 0 bridgehead atoms. The van der Waals surface area contributed by atoms with E-state index in [0.717, 1.165) is 16.7 Å². The molecule has 1 aromatic carbocycles. The summed E-state index contributed by atoms with van der Waals surface area (Å²) in [6, 6.07) is 2.52. The van der Waals surface area contributed by atoms with Crippen LogP contribution < -0.4 is 4.90 Å². The third kappa shape index (κ3) is 2.18. The summed E-state index contributed by atoms with van der Waals surface area (Å²) < 4.78 is 18.7. The zero-order chi connectivity index (χ0) is 16.0. The molecule has 3 rings (SSSR count). The van der Waals surface area contributed by atoms with E-state index in [1.165, 1.54) is 17.8 Å². The van der Waals surface area contributed by atoms with E-state index in [9.17, 15) is 14.0 Å². The standard InChI is InChI=1S/C15H11ClFNO3S/c1-3-21-15(20)12-13(19)8-4-10(17)9(16)5-11(8)18-7(2)6-22-14(12)18/h4-6H,3H2,1-2H3/p+1. The van der Waals surface area contributed by atoms with Crippen LogP contribution in [0.2, 0.25) is 5.02 Å². The van der Waals surface area contributed by atoms with E-state index < -0.39 is 17.6 Å². The zero-order valence-corrected chi connectivity index (χ0v) is 13.4. The van der Waals surface area contributed by atoms with Gasteiger partial charge in [-0.2, -0.15) is 0 Å². The zero-order valence-electron chi connectivity index (χ0n) is 11.8. The van der Waals surface area contributed by atoms with Crippen LogP contribution in [0.25, 0.3) is 0 Å². The molecule has 0 aromatic heterocycles. The average Bonchev–Trinajstić information content (AvgIpc) is 2.83. The Bertz CT molecular complexity index is 772. The molecule has 22 heavy (non-hydrogen) atoms. The first kappa shape index (κ1) is 15.3. The van der Waals surface area contributed by atoms with Crippen molar-refractivity contribution in [1.82, 2.24) is 0 Å². The molecule has 1 unspecified atom stereocenters. The van der Waals surface area contributed by atoms with Crippen molar-refractivity contribution in [3.05, 3.63) is 50.2 Å². The van der Waals surface area contributed by atoms with Gasteiger partial charge in [0.1, 0.15) is 11.5 Å². The minimum atomic E-state index is -0.687. The van der Waals surface area contributed by atoms with Crippen molar-refractivity contribution >= 4 is 40.8 Å². The van der Waals surface area contributed by atoms with Crippen LogP contribution >= 0.6 is 23.4 Å². The van der Waals surface area contributed by atoms with Gasteiger partial charge in [-0.05, 0) is 24.8 Å². The van der Waals surface area contributed by atoms with Gasteiger partial charge in [0, 0.05) is 18.4 Å². The topological polar surface area (TPSA) is 47.8 Å². The molecular formula is C15H12ClFNO3S+. The third-order valence-corrected chi connectivity index (χ3v) is 4.89.